The molecular weight excluding hydrogens is 259 g/mol. The van der Waals surface area contributed by atoms with Crippen molar-refractivity contribution in [2.24, 2.45) is 5.41 Å². The summed E-state index contributed by atoms with van der Waals surface area (Å²) in [7, 11) is 0. The van der Waals surface area contributed by atoms with Crippen molar-refractivity contribution in [1.29, 1.82) is 0 Å². The van der Waals surface area contributed by atoms with Crippen LogP contribution in [0, 0.1) is 5.41 Å². The molecule has 0 fully saturated rings. The molecule has 0 heterocycles. The van der Waals surface area contributed by atoms with Crippen LogP contribution in [0.2, 0.25) is 5.02 Å². The summed E-state index contributed by atoms with van der Waals surface area (Å²) in [6.07, 6.45) is 0. The third kappa shape index (κ3) is 4.04. The Morgan fingerprint density at radius 1 is 1.12 bits per heavy atom. The zero-order chi connectivity index (χ0) is 12.3. The summed E-state index contributed by atoms with van der Waals surface area (Å²) in [6, 6.07) is 7.82. The maximum atomic E-state index is 6.14. The van der Waals surface area contributed by atoms with Gasteiger partial charge in [0.05, 0.1) is 0 Å². The molecule has 1 aromatic rings. The average molecular weight is 275 g/mol. The SMILES string of the molecule is C/C(Cl)=C(\Sc1ccc(Cl)cc1)C(C)(C)C. The molecule has 0 aromatic heterocycles. The van der Waals surface area contributed by atoms with E-state index >= 15 is 0 Å². The fourth-order valence-corrected chi connectivity index (χ4v) is 2.84. The van der Waals surface area contributed by atoms with Gasteiger partial charge in [0.25, 0.3) is 0 Å². The maximum Gasteiger partial charge on any atom is 0.0406 e. The molecule has 0 saturated carbocycles. The molecule has 0 radical (unpaired) electrons. The molecule has 0 saturated heterocycles. The van der Waals surface area contributed by atoms with Gasteiger partial charge in [0.1, 0.15) is 0 Å². The van der Waals surface area contributed by atoms with Gasteiger partial charge in [0, 0.05) is 19.9 Å². The molecule has 1 aromatic carbocycles. The first kappa shape index (κ1) is 14.0. The van der Waals surface area contributed by atoms with Gasteiger partial charge in [0.15, 0.2) is 0 Å². The van der Waals surface area contributed by atoms with Gasteiger partial charge < -0.3 is 0 Å². The van der Waals surface area contributed by atoms with Gasteiger partial charge in [0.2, 0.25) is 0 Å². The Morgan fingerprint density at radius 3 is 2.00 bits per heavy atom. The Balaban J connectivity index is 2.95. The van der Waals surface area contributed by atoms with Crippen LogP contribution in [0.5, 0.6) is 0 Å². The van der Waals surface area contributed by atoms with Crippen molar-refractivity contribution < 1.29 is 0 Å². The van der Waals surface area contributed by atoms with E-state index in [0.717, 1.165) is 15.0 Å². The van der Waals surface area contributed by atoms with E-state index in [2.05, 4.69) is 20.8 Å². The van der Waals surface area contributed by atoms with E-state index in [1.54, 1.807) is 11.8 Å². The van der Waals surface area contributed by atoms with E-state index in [0.29, 0.717) is 0 Å². The fraction of sp³-hybridized carbons (Fsp3) is 0.385. The van der Waals surface area contributed by atoms with Crippen LogP contribution < -0.4 is 0 Å². The lowest BCUT2D eigenvalue weighted by atomic mass is 9.96. The maximum absolute atomic E-state index is 6.14. The van der Waals surface area contributed by atoms with Crippen molar-refractivity contribution in [1.82, 2.24) is 0 Å². The molecule has 0 bridgehead atoms. The zero-order valence-electron chi connectivity index (χ0n) is 9.97. The largest absolute Gasteiger partial charge is 0.0928 e. The van der Waals surface area contributed by atoms with Crippen LogP contribution >= 0.6 is 35.0 Å². The Kier molecular flexibility index (Phi) is 4.78. The summed E-state index contributed by atoms with van der Waals surface area (Å²) < 4.78 is 0. The Morgan fingerprint density at radius 2 is 1.62 bits per heavy atom. The van der Waals surface area contributed by atoms with Gasteiger partial charge in [-0.05, 0) is 36.6 Å². The van der Waals surface area contributed by atoms with Crippen molar-refractivity contribution in [2.45, 2.75) is 32.6 Å². The first-order valence-electron chi connectivity index (χ1n) is 5.11. The Labute approximate surface area is 112 Å². The van der Waals surface area contributed by atoms with Crippen LogP contribution in [0.15, 0.2) is 39.1 Å². The normalized spacial score (nSPS) is 13.6. The topological polar surface area (TPSA) is 0 Å². The summed E-state index contributed by atoms with van der Waals surface area (Å²) in [5.41, 5.74) is 0.0656. The summed E-state index contributed by atoms with van der Waals surface area (Å²) in [6.45, 7) is 8.43. The molecule has 0 aliphatic heterocycles. The van der Waals surface area contributed by atoms with Gasteiger partial charge in [-0.1, -0.05) is 55.7 Å². The van der Waals surface area contributed by atoms with Crippen LogP contribution in [0.3, 0.4) is 0 Å². The minimum absolute atomic E-state index is 0.0656. The van der Waals surface area contributed by atoms with E-state index in [-0.39, 0.29) is 5.41 Å². The van der Waals surface area contributed by atoms with Gasteiger partial charge in [-0.25, -0.2) is 0 Å². The number of allylic oxidation sites excluding steroid dienone is 2. The molecule has 0 amide bonds. The van der Waals surface area contributed by atoms with Crippen LogP contribution in [0.4, 0.5) is 0 Å². The summed E-state index contributed by atoms with van der Waals surface area (Å²) in [5.74, 6) is 0. The number of rotatable bonds is 2. The summed E-state index contributed by atoms with van der Waals surface area (Å²) in [4.78, 5) is 2.35. The number of halogens is 2. The molecule has 0 nitrogen and oxygen atoms in total. The van der Waals surface area contributed by atoms with E-state index in [1.807, 2.05) is 31.2 Å². The van der Waals surface area contributed by atoms with E-state index in [9.17, 15) is 0 Å². The molecule has 3 heteroatoms. The van der Waals surface area contributed by atoms with E-state index < -0.39 is 0 Å². The van der Waals surface area contributed by atoms with E-state index in [4.69, 9.17) is 23.2 Å². The van der Waals surface area contributed by atoms with Crippen LogP contribution in [-0.4, -0.2) is 0 Å². The van der Waals surface area contributed by atoms with Crippen molar-refractivity contribution >= 4 is 35.0 Å². The molecule has 0 spiro atoms. The highest BCUT2D eigenvalue weighted by molar-refractivity contribution is 8.03. The molecule has 0 aliphatic carbocycles. The molecule has 16 heavy (non-hydrogen) atoms. The Bertz CT molecular complexity index is 381. The van der Waals surface area contributed by atoms with Gasteiger partial charge in [-0.3, -0.25) is 0 Å². The van der Waals surface area contributed by atoms with Crippen molar-refractivity contribution in [3.63, 3.8) is 0 Å². The second kappa shape index (κ2) is 5.48. The lowest BCUT2D eigenvalue weighted by molar-refractivity contribution is 0.531. The first-order valence-corrected chi connectivity index (χ1v) is 6.68. The molecular formula is C13H16Cl2S. The third-order valence-corrected chi connectivity index (χ3v) is 4.21. The lowest BCUT2D eigenvalue weighted by Crippen LogP contribution is -2.07. The van der Waals surface area contributed by atoms with Crippen LogP contribution in [-0.2, 0) is 0 Å². The second-order valence-electron chi connectivity index (χ2n) is 4.67. The molecule has 0 atom stereocenters. The van der Waals surface area contributed by atoms with Crippen molar-refractivity contribution in [3.05, 3.63) is 39.2 Å². The molecule has 88 valence electrons. The quantitative estimate of drug-likeness (QED) is 0.601. The van der Waals surface area contributed by atoms with Crippen molar-refractivity contribution in [2.75, 3.05) is 0 Å². The highest BCUT2D eigenvalue weighted by Gasteiger charge is 2.20. The number of hydrogen-bond donors (Lipinski definition) is 0. The highest BCUT2D eigenvalue weighted by atomic mass is 35.5. The smallest absolute Gasteiger partial charge is 0.0406 e. The van der Waals surface area contributed by atoms with Gasteiger partial charge >= 0.3 is 0 Å². The molecule has 1 rings (SSSR count). The zero-order valence-corrected chi connectivity index (χ0v) is 12.3. The molecule has 0 N–H and O–H groups in total. The fourth-order valence-electron chi connectivity index (χ4n) is 1.36. The standard InChI is InChI=1S/C13H16Cl2S/c1-9(14)12(13(2,3)4)16-11-7-5-10(15)6-8-11/h5-8H,1-4H3/b12-9+. The average Bonchev–Trinajstić information content (AvgIpc) is 2.14. The Hall–Kier alpha value is -0.110. The van der Waals surface area contributed by atoms with Gasteiger partial charge in [-0.15, -0.1) is 0 Å². The molecule has 0 unspecified atom stereocenters. The van der Waals surface area contributed by atoms with E-state index in [1.165, 1.54) is 4.91 Å². The third-order valence-electron chi connectivity index (χ3n) is 2.03. The predicted octanol–water partition coefficient (Wildman–Crippen LogP) is 5.95. The number of hydrogen-bond acceptors (Lipinski definition) is 1. The molecule has 0 aliphatic rings. The second-order valence-corrected chi connectivity index (χ2v) is 6.76. The minimum Gasteiger partial charge on any atom is -0.0928 e. The number of benzene rings is 1. The predicted molar refractivity (Wildman–Crippen MR) is 75.3 cm³/mol. The lowest BCUT2D eigenvalue weighted by Gasteiger charge is -2.23. The monoisotopic (exact) mass is 274 g/mol. The number of thioether (sulfide) groups is 1. The van der Waals surface area contributed by atoms with Gasteiger partial charge in [-0.2, -0.15) is 0 Å². The van der Waals surface area contributed by atoms with Crippen LogP contribution in [0.25, 0.3) is 0 Å². The first-order chi connectivity index (χ1) is 7.30. The van der Waals surface area contributed by atoms with Crippen molar-refractivity contribution in [3.8, 4) is 0 Å². The summed E-state index contributed by atoms with van der Waals surface area (Å²) >= 11 is 13.7. The van der Waals surface area contributed by atoms with Crippen LogP contribution in [0.1, 0.15) is 27.7 Å². The minimum atomic E-state index is 0.0656. The summed E-state index contributed by atoms with van der Waals surface area (Å²) in [5, 5.41) is 1.61. The highest BCUT2D eigenvalue weighted by Crippen LogP contribution is 2.42.